The minimum Gasteiger partial charge on any atom is -0.241 e. The molecule has 1 aromatic heterocycles. The van der Waals surface area contributed by atoms with Crippen molar-refractivity contribution >= 4 is 32.7 Å². The summed E-state index contributed by atoms with van der Waals surface area (Å²) in [4.78, 5) is 0.207. The van der Waals surface area contributed by atoms with Crippen molar-refractivity contribution in [2.45, 2.75) is 30.7 Å². The van der Waals surface area contributed by atoms with E-state index in [4.69, 9.17) is 11.6 Å². The minimum absolute atomic E-state index is 0.0218. The Hall–Kier alpha value is -2.03. The number of halogens is 2. The highest BCUT2D eigenvalue weighted by atomic mass is 35.5. The molecule has 27 heavy (non-hydrogen) atoms. The van der Waals surface area contributed by atoms with Gasteiger partial charge in [-0.05, 0) is 49.6 Å². The molecule has 0 N–H and O–H groups in total. The first-order chi connectivity index (χ1) is 12.9. The van der Waals surface area contributed by atoms with Gasteiger partial charge in [0.15, 0.2) is 0 Å². The number of hydrogen-bond acceptors (Lipinski definition) is 4. The van der Waals surface area contributed by atoms with Crippen LogP contribution in [-0.2, 0) is 10.0 Å². The zero-order valence-corrected chi connectivity index (χ0v) is 16.2. The molecule has 0 atom stereocenters. The molecule has 0 amide bonds. The van der Waals surface area contributed by atoms with Crippen LogP contribution in [-0.4, -0.2) is 40.8 Å². The average Bonchev–Trinajstić information content (AvgIpc) is 3.07. The van der Waals surface area contributed by atoms with Gasteiger partial charge in [0.25, 0.3) is 0 Å². The molecule has 0 saturated carbocycles. The van der Waals surface area contributed by atoms with Crippen LogP contribution in [0.15, 0.2) is 41.3 Å². The fourth-order valence-electron chi connectivity index (χ4n) is 3.39. The summed E-state index contributed by atoms with van der Waals surface area (Å²) in [6, 6.07) is 9.20. The molecule has 6 nitrogen and oxygen atoms in total. The molecule has 1 fully saturated rings. The van der Waals surface area contributed by atoms with Crippen molar-refractivity contribution in [1.29, 1.82) is 0 Å². The van der Waals surface area contributed by atoms with E-state index < -0.39 is 10.0 Å². The van der Waals surface area contributed by atoms with Crippen LogP contribution in [0.25, 0.3) is 11.0 Å². The summed E-state index contributed by atoms with van der Waals surface area (Å²) in [6.45, 7) is 2.58. The van der Waals surface area contributed by atoms with E-state index in [9.17, 15) is 12.8 Å². The molecule has 0 bridgehead atoms. The first kappa shape index (κ1) is 18.3. The molecule has 0 unspecified atom stereocenters. The second kappa shape index (κ2) is 6.85. The highest BCUT2D eigenvalue weighted by Crippen LogP contribution is 2.30. The standard InChI is InChI=1S/C18H18ClFN4O2S/c1-12-2-4-15(11-16(12)19)27(25,26)23-8-6-14(7-9-23)24-18-5-3-13(20)10-17(18)21-22-24/h2-5,10-11,14H,6-9H2,1H3. The lowest BCUT2D eigenvalue weighted by Gasteiger charge is -2.31. The van der Waals surface area contributed by atoms with E-state index in [2.05, 4.69) is 10.3 Å². The summed E-state index contributed by atoms with van der Waals surface area (Å²) >= 11 is 6.09. The number of benzene rings is 2. The first-order valence-corrected chi connectivity index (χ1v) is 10.4. The number of hydrogen-bond donors (Lipinski definition) is 0. The van der Waals surface area contributed by atoms with Gasteiger partial charge in [-0.15, -0.1) is 5.10 Å². The fourth-order valence-corrected chi connectivity index (χ4v) is 5.14. The Labute approximate surface area is 161 Å². The number of piperidine rings is 1. The Balaban J connectivity index is 1.53. The normalized spacial score (nSPS) is 16.9. The smallest absolute Gasteiger partial charge is 0.241 e. The minimum atomic E-state index is -3.59. The molecule has 0 aliphatic carbocycles. The molecule has 4 rings (SSSR count). The lowest BCUT2D eigenvalue weighted by atomic mass is 10.1. The molecule has 3 aromatic rings. The summed E-state index contributed by atoms with van der Waals surface area (Å²) in [7, 11) is -3.59. The van der Waals surface area contributed by atoms with E-state index in [1.807, 2.05) is 6.92 Å². The molecule has 1 aliphatic heterocycles. The van der Waals surface area contributed by atoms with E-state index in [1.165, 1.54) is 22.5 Å². The van der Waals surface area contributed by atoms with Gasteiger partial charge in [0, 0.05) is 24.2 Å². The number of sulfonamides is 1. The predicted octanol–water partition coefficient (Wildman–Crippen LogP) is 3.56. The number of aromatic nitrogens is 3. The molecule has 0 spiro atoms. The fraction of sp³-hybridized carbons (Fsp3) is 0.333. The Kier molecular flexibility index (Phi) is 4.65. The summed E-state index contributed by atoms with van der Waals surface area (Å²) in [6.07, 6.45) is 1.21. The van der Waals surface area contributed by atoms with Crippen LogP contribution in [0.1, 0.15) is 24.4 Å². The molecular formula is C18H18ClFN4O2S. The summed E-state index contributed by atoms with van der Waals surface area (Å²) in [5.74, 6) is -0.354. The number of fused-ring (bicyclic) bond motifs is 1. The Bertz CT molecular complexity index is 1110. The van der Waals surface area contributed by atoms with Crippen LogP contribution in [0.5, 0.6) is 0 Å². The monoisotopic (exact) mass is 408 g/mol. The summed E-state index contributed by atoms with van der Waals surface area (Å²) in [5.41, 5.74) is 2.09. The van der Waals surface area contributed by atoms with E-state index in [0.717, 1.165) is 11.1 Å². The van der Waals surface area contributed by atoms with Crippen LogP contribution in [0, 0.1) is 12.7 Å². The van der Waals surface area contributed by atoms with Crippen LogP contribution in [0.3, 0.4) is 0 Å². The number of rotatable bonds is 3. The van der Waals surface area contributed by atoms with Crippen molar-refractivity contribution < 1.29 is 12.8 Å². The van der Waals surface area contributed by atoms with Gasteiger partial charge in [0.1, 0.15) is 11.3 Å². The average molecular weight is 409 g/mol. The molecule has 0 radical (unpaired) electrons. The maximum absolute atomic E-state index is 13.3. The van der Waals surface area contributed by atoms with Crippen molar-refractivity contribution in [3.8, 4) is 0 Å². The maximum Gasteiger partial charge on any atom is 0.243 e. The van der Waals surface area contributed by atoms with E-state index >= 15 is 0 Å². The lowest BCUT2D eigenvalue weighted by molar-refractivity contribution is 0.263. The van der Waals surface area contributed by atoms with Crippen LogP contribution in [0.2, 0.25) is 5.02 Å². The Morgan fingerprint density at radius 1 is 1.15 bits per heavy atom. The van der Waals surface area contributed by atoms with Crippen molar-refractivity contribution in [2.24, 2.45) is 0 Å². The van der Waals surface area contributed by atoms with Crippen LogP contribution < -0.4 is 0 Å². The van der Waals surface area contributed by atoms with Crippen molar-refractivity contribution in [3.05, 3.63) is 52.8 Å². The SMILES string of the molecule is Cc1ccc(S(=O)(=O)N2CCC(n3nnc4cc(F)ccc43)CC2)cc1Cl. The zero-order valence-electron chi connectivity index (χ0n) is 14.6. The molecule has 142 valence electrons. The molecule has 2 aromatic carbocycles. The quantitative estimate of drug-likeness (QED) is 0.664. The summed E-state index contributed by atoms with van der Waals surface area (Å²) < 4.78 is 42.3. The van der Waals surface area contributed by atoms with Gasteiger partial charge >= 0.3 is 0 Å². The van der Waals surface area contributed by atoms with E-state index in [1.54, 1.807) is 22.9 Å². The largest absolute Gasteiger partial charge is 0.243 e. The van der Waals surface area contributed by atoms with Gasteiger partial charge in [-0.3, -0.25) is 0 Å². The van der Waals surface area contributed by atoms with Crippen molar-refractivity contribution in [1.82, 2.24) is 19.3 Å². The van der Waals surface area contributed by atoms with Gasteiger partial charge in [-0.1, -0.05) is 22.9 Å². The van der Waals surface area contributed by atoms with Crippen LogP contribution in [0.4, 0.5) is 4.39 Å². The highest BCUT2D eigenvalue weighted by Gasteiger charge is 2.31. The topological polar surface area (TPSA) is 68.1 Å². The molecule has 2 heterocycles. The van der Waals surface area contributed by atoms with Gasteiger partial charge in [-0.25, -0.2) is 17.5 Å². The van der Waals surface area contributed by atoms with Crippen molar-refractivity contribution in [2.75, 3.05) is 13.1 Å². The van der Waals surface area contributed by atoms with E-state index in [-0.39, 0.29) is 16.8 Å². The molecule has 9 heteroatoms. The Morgan fingerprint density at radius 3 is 2.59 bits per heavy atom. The third-order valence-corrected chi connectivity index (χ3v) is 7.29. The number of nitrogens with zero attached hydrogens (tertiary/aromatic N) is 4. The maximum atomic E-state index is 13.3. The molecule has 1 saturated heterocycles. The van der Waals surface area contributed by atoms with Crippen LogP contribution >= 0.6 is 11.6 Å². The third kappa shape index (κ3) is 3.33. The highest BCUT2D eigenvalue weighted by molar-refractivity contribution is 7.89. The van der Waals surface area contributed by atoms with Crippen molar-refractivity contribution in [3.63, 3.8) is 0 Å². The van der Waals surface area contributed by atoms with Gasteiger partial charge < -0.3 is 0 Å². The molecule has 1 aliphatic rings. The van der Waals surface area contributed by atoms with Gasteiger partial charge in [0.05, 0.1) is 16.5 Å². The first-order valence-electron chi connectivity index (χ1n) is 8.63. The second-order valence-electron chi connectivity index (χ2n) is 6.71. The second-order valence-corrected chi connectivity index (χ2v) is 9.06. The van der Waals surface area contributed by atoms with E-state index in [0.29, 0.717) is 36.5 Å². The number of aryl methyl sites for hydroxylation is 1. The third-order valence-electron chi connectivity index (χ3n) is 4.98. The van der Waals surface area contributed by atoms with Gasteiger partial charge in [-0.2, -0.15) is 4.31 Å². The zero-order chi connectivity index (χ0) is 19.2. The van der Waals surface area contributed by atoms with Gasteiger partial charge in [0.2, 0.25) is 10.0 Å². The molecular weight excluding hydrogens is 391 g/mol. The Morgan fingerprint density at radius 2 is 1.89 bits per heavy atom. The summed E-state index contributed by atoms with van der Waals surface area (Å²) in [5, 5.41) is 8.59. The predicted molar refractivity (Wildman–Crippen MR) is 101 cm³/mol. The lowest BCUT2D eigenvalue weighted by Crippen LogP contribution is -2.39.